The molecule has 1 aliphatic rings. The first-order valence-corrected chi connectivity index (χ1v) is 10.7. The van der Waals surface area contributed by atoms with Crippen molar-refractivity contribution >= 4 is 12.1 Å². The number of amides is 1. The zero-order valence-electron chi connectivity index (χ0n) is 20.1. The SMILES string of the molecule is CN=C(NCC1CN(C)CCN1C)N(C)CCC(NC(=O)OC(C)(C)C)C(C)C. The molecule has 1 saturated heterocycles. The number of alkyl carbamates (subject to hydrolysis) is 1. The Labute approximate surface area is 178 Å². The summed E-state index contributed by atoms with van der Waals surface area (Å²) in [6.45, 7) is 14.8. The van der Waals surface area contributed by atoms with Crippen molar-refractivity contribution in [1.82, 2.24) is 25.3 Å². The number of carbonyl (C=O) groups is 1. The zero-order valence-corrected chi connectivity index (χ0v) is 20.1. The predicted molar refractivity (Wildman–Crippen MR) is 121 cm³/mol. The Hall–Kier alpha value is -1.54. The molecule has 2 unspecified atom stereocenters. The number of ether oxygens (including phenoxy) is 1. The third-order valence-corrected chi connectivity index (χ3v) is 5.33. The summed E-state index contributed by atoms with van der Waals surface area (Å²) in [4.78, 5) is 23.5. The lowest BCUT2D eigenvalue weighted by Gasteiger charge is -2.38. The number of hydrogen-bond donors (Lipinski definition) is 2. The Morgan fingerprint density at radius 2 is 1.93 bits per heavy atom. The molecule has 0 aromatic carbocycles. The normalized spacial score (nSPS) is 20.5. The van der Waals surface area contributed by atoms with Gasteiger partial charge in [0.25, 0.3) is 0 Å². The summed E-state index contributed by atoms with van der Waals surface area (Å²) in [5.41, 5.74) is -0.491. The lowest BCUT2D eigenvalue weighted by molar-refractivity contribution is 0.0485. The van der Waals surface area contributed by atoms with E-state index in [2.05, 4.69) is 58.3 Å². The van der Waals surface area contributed by atoms with Crippen LogP contribution in [0.1, 0.15) is 41.0 Å². The van der Waals surface area contributed by atoms with E-state index in [1.165, 1.54) is 0 Å². The van der Waals surface area contributed by atoms with E-state index in [-0.39, 0.29) is 12.1 Å². The maximum atomic E-state index is 12.2. The van der Waals surface area contributed by atoms with Crippen LogP contribution in [0, 0.1) is 5.92 Å². The minimum absolute atomic E-state index is 0.0449. The monoisotopic (exact) mass is 412 g/mol. The van der Waals surface area contributed by atoms with Crippen LogP contribution in [0.15, 0.2) is 4.99 Å². The molecule has 8 nitrogen and oxygen atoms in total. The average molecular weight is 413 g/mol. The number of piperazine rings is 1. The first kappa shape index (κ1) is 25.5. The van der Waals surface area contributed by atoms with E-state index < -0.39 is 5.60 Å². The second-order valence-electron chi connectivity index (χ2n) is 9.53. The molecule has 0 radical (unpaired) electrons. The molecule has 29 heavy (non-hydrogen) atoms. The Balaban J connectivity index is 2.53. The molecule has 2 atom stereocenters. The first-order valence-electron chi connectivity index (χ1n) is 10.7. The standard InChI is InChI=1S/C21H44N6O2/c1-16(2)18(24-20(28)29-21(3,4)5)10-11-27(9)19(22-6)23-14-17-15-25(7)12-13-26(17)8/h16-18H,10-15H2,1-9H3,(H,22,23)(H,24,28). The lowest BCUT2D eigenvalue weighted by Crippen LogP contribution is -2.55. The van der Waals surface area contributed by atoms with Crippen LogP contribution in [-0.2, 0) is 4.74 Å². The van der Waals surface area contributed by atoms with Crippen LogP contribution in [0.3, 0.4) is 0 Å². The first-order chi connectivity index (χ1) is 13.4. The van der Waals surface area contributed by atoms with Gasteiger partial charge >= 0.3 is 6.09 Å². The molecule has 0 saturated carbocycles. The number of likely N-dealkylation sites (N-methyl/N-ethyl adjacent to an activating group) is 2. The molecule has 1 aliphatic heterocycles. The fourth-order valence-electron chi connectivity index (χ4n) is 3.39. The minimum Gasteiger partial charge on any atom is -0.444 e. The van der Waals surface area contributed by atoms with E-state index in [4.69, 9.17) is 4.74 Å². The van der Waals surface area contributed by atoms with Crippen LogP contribution in [-0.4, -0.2) is 105 Å². The highest BCUT2D eigenvalue weighted by molar-refractivity contribution is 5.79. The van der Waals surface area contributed by atoms with Crippen molar-refractivity contribution in [1.29, 1.82) is 0 Å². The highest BCUT2D eigenvalue weighted by Crippen LogP contribution is 2.11. The van der Waals surface area contributed by atoms with Gasteiger partial charge in [-0.1, -0.05) is 13.8 Å². The van der Waals surface area contributed by atoms with Crippen molar-refractivity contribution in [2.75, 3.05) is 60.9 Å². The molecule has 0 aromatic rings. The van der Waals surface area contributed by atoms with E-state index in [9.17, 15) is 4.79 Å². The largest absolute Gasteiger partial charge is 0.444 e. The van der Waals surface area contributed by atoms with E-state index in [1.807, 2.05) is 34.9 Å². The van der Waals surface area contributed by atoms with E-state index in [0.717, 1.165) is 45.1 Å². The van der Waals surface area contributed by atoms with Gasteiger partial charge < -0.3 is 25.2 Å². The fraction of sp³-hybridized carbons (Fsp3) is 0.905. The summed E-state index contributed by atoms with van der Waals surface area (Å²) in [6.07, 6.45) is 0.464. The van der Waals surface area contributed by atoms with Crippen molar-refractivity contribution in [3.8, 4) is 0 Å². The van der Waals surface area contributed by atoms with Gasteiger partial charge in [-0.3, -0.25) is 9.89 Å². The fourth-order valence-corrected chi connectivity index (χ4v) is 3.39. The second kappa shape index (κ2) is 11.6. The molecule has 1 amide bonds. The maximum absolute atomic E-state index is 12.2. The molecule has 0 aliphatic carbocycles. The molecule has 1 fully saturated rings. The van der Waals surface area contributed by atoms with Crippen LogP contribution in [0.2, 0.25) is 0 Å². The Morgan fingerprint density at radius 3 is 2.48 bits per heavy atom. The summed E-state index contributed by atoms with van der Waals surface area (Å²) in [7, 11) is 8.21. The van der Waals surface area contributed by atoms with Crippen LogP contribution in [0.25, 0.3) is 0 Å². The van der Waals surface area contributed by atoms with Crippen molar-refractivity contribution in [3.05, 3.63) is 0 Å². The van der Waals surface area contributed by atoms with E-state index >= 15 is 0 Å². The minimum atomic E-state index is -0.491. The summed E-state index contributed by atoms with van der Waals surface area (Å²) in [5, 5.41) is 6.53. The molecule has 0 bridgehead atoms. The summed E-state index contributed by atoms with van der Waals surface area (Å²) < 4.78 is 5.41. The molecule has 1 heterocycles. The third-order valence-electron chi connectivity index (χ3n) is 5.33. The van der Waals surface area contributed by atoms with Gasteiger partial charge in [-0.15, -0.1) is 0 Å². The van der Waals surface area contributed by atoms with Gasteiger partial charge in [0.15, 0.2) is 5.96 Å². The van der Waals surface area contributed by atoms with Crippen LogP contribution in [0.4, 0.5) is 4.79 Å². The molecule has 0 spiro atoms. The number of hydrogen-bond acceptors (Lipinski definition) is 5. The maximum Gasteiger partial charge on any atom is 0.407 e. The van der Waals surface area contributed by atoms with Crippen molar-refractivity contribution < 1.29 is 9.53 Å². The summed E-state index contributed by atoms with van der Waals surface area (Å²) in [5.74, 6) is 1.20. The van der Waals surface area contributed by atoms with Gasteiger partial charge in [0.1, 0.15) is 5.60 Å². The molecule has 170 valence electrons. The van der Waals surface area contributed by atoms with Crippen LogP contribution in [0.5, 0.6) is 0 Å². The van der Waals surface area contributed by atoms with Gasteiger partial charge in [-0.2, -0.15) is 0 Å². The zero-order chi connectivity index (χ0) is 22.2. The van der Waals surface area contributed by atoms with Crippen molar-refractivity contribution in [2.24, 2.45) is 10.9 Å². The van der Waals surface area contributed by atoms with Gasteiger partial charge in [0.2, 0.25) is 0 Å². The number of rotatable bonds is 7. The van der Waals surface area contributed by atoms with E-state index in [0.29, 0.717) is 12.0 Å². The smallest absolute Gasteiger partial charge is 0.407 e. The highest BCUT2D eigenvalue weighted by atomic mass is 16.6. The number of guanidine groups is 1. The molecule has 1 rings (SSSR count). The van der Waals surface area contributed by atoms with Gasteiger partial charge in [-0.25, -0.2) is 4.79 Å². The molecule has 2 N–H and O–H groups in total. The highest BCUT2D eigenvalue weighted by Gasteiger charge is 2.24. The van der Waals surface area contributed by atoms with Gasteiger partial charge in [0.05, 0.1) is 0 Å². The number of carbonyl (C=O) groups excluding carboxylic acids is 1. The third kappa shape index (κ3) is 9.67. The Kier molecular flexibility index (Phi) is 10.2. The Morgan fingerprint density at radius 1 is 1.28 bits per heavy atom. The number of aliphatic imine (C=N–C) groups is 1. The summed E-state index contributed by atoms with van der Waals surface area (Å²) >= 11 is 0. The molecular weight excluding hydrogens is 368 g/mol. The predicted octanol–water partition coefficient (Wildman–Crippen LogP) is 1.68. The topological polar surface area (TPSA) is 72.4 Å². The number of nitrogens with zero attached hydrogens (tertiary/aromatic N) is 4. The van der Waals surface area contributed by atoms with Gasteiger partial charge in [0, 0.05) is 58.9 Å². The van der Waals surface area contributed by atoms with Crippen LogP contribution >= 0.6 is 0 Å². The second-order valence-corrected chi connectivity index (χ2v) is 9.53. The van der Waals surface area contributed by atoms with Crippen molar-refractivity contribution in [3.63, 3.8) is 0 Å². The molecule has 8 heteroatoms. The molecular formula is C21H44N6O2. The van der Waals surface area contributed by atoms with Gasteiger partial charge in [-0.05, 0) is 47.2 Å². The average Bonchev–Trinajstić information content (AvgIpc) is 2.60. The summed E-state index contributed by atoms with van der Waals surface area (Å²) in [6, 6.07) is 0.514. The van der Waals surface area contributed by atoms with Crippen molar-refractivity contribution in [2.45, 2.75) is 58.7 Å². The number of nitrogens with one attached hydrogen (secondary N) is 2. The quantitative estimate of drug-likeness (QED) is 0.490. The lowest BCUT2D eigenvalue weighted by atomic mass is 10.0. The molecule has 0 aromatic heterocycles. The Bertz CT molecular complexity index is 532. The van der Waals surface area contributed by atoms with Crippen LogP contribution < -0.4 is 10.6 Å². The van der Waals surface area contributed by atoms with E-state index in [1.54, 1.807) is 0 Å².